The first-order valence-electron chi connectivity index (χ1n) is 7.38. The fraction of sp³-hybridized carbons (Fsp3) is 0.176. The van der Waals surface area contributed by atoms with Crippen molar-refractivity contribution in [1.29, 1.82) is 5.26 Å². The normalized spacial score (nSPS) is 10.7. The molecule has 25 heavy (non-hydrogen) atoms. The molecule has 0 aliphatic heterocycles. The Kier molecular flexibility index (Phi) is 6.11. The molecule has 0 bridgehead atoms. The SMILES string of the molecule is COc1ccc(NC(=O)c2ccc(S(=O)(=O)NCCC#N)cc2)cc1. The van der Waals surface area contributed by atoms with Crippen LogP contribution in [0.25, 0.3) is 0 Å². The lowest BCUT2D eigenvalue weighted by atomic mass is 10.2. The number of hydrogen-bond donors (Lipinski definition) is 2. The van der Waals surface area contributed by atoms with Crippen LogP contribution in [0.1, 0.15) is 16.8 Å². The summed E-state index contributed by atoms with van der Waals surface area (Å²) in [6, 6.07) is 14.3. The van der Waals surface area contributed by atoms with Crippen molar-refractivity contribution in [2.24, 2.45) is 0 Å². The summed E-state index contributed by atoms with van der Waals surface area (Å²) in [4.78, 5) is 12.2. The standard InChI is InChI=1S/C17H17N3O4S/c1-24-15-7-5-14(6-8-15)20-17(21)13-3-9-16(10-4-13)25(22,23)19-12-2-11-18/h3-10,19H,2,12H2,1H3,(H,20,21). The maximum atomic E-state index is 12.2. The van der Waals surface area contributed by atoms with E-state index in [-0.39, 0.29) is 23.8 Å². The van der Waals surface area contributed by atoms with Crippen LogP contribution < -0.4 is 14.8 Å². The van der Waals surface area contributed by atoms with Crippen molar-refractivity contribution in [2.75, 3.05) is 19.0 Å². The Bertz CT molecular complexity index is 870. The number of ether oxygens (including phenoxy) is 1. The number of rotatable bonds is 7. The molecule has 130 valence electrons. The van der Waals surface area contributed by atoms with Crippen molar-refractivity contribution in [1.82, 2.24) is 4.72 Å². The number of anilines is 1. The predicted molar refractivity (Wildman–Crippen MR) is 92.8 cm³/mol. The Morgan fingerprint density at radius 2 is 1.76 bits per heavy atom. The molecule has 0 radical (unpaired) electrons. The summed E-state index contributed by atoms with van der Waals surface area (Å²) < 4.78 is 31.4. The Morgan fingerprint density at radius 3 is 2.32 bits per heavy atom. The van der Waals surface area contributed by atoms with Crippen molar-refractivity contribution in [3.8, 4) is 11.8 Å². The van der Waals surface area contributed by atoms with Crippen LogP contribution in [0, 0.1) is 11.3 Å². The Hall–Kier alpha value is -2.89. The van der Waals surface area contributed by atoms with Crippen LogP contribution >= 0.6 is 0 Å². The van der Waals surface area contributed by atoms with E-state index in [0.29, 0.717) is 17.0 Å². The second-order valence-electron chi connectivity index (χ2n) is 5.01. The van der Waals surface area contributed by atoms with Crippen LogP contribution in [0.5, 0.6) is 5.75 Å². The van der Waals surface area contributed by atoms with E-state index in [0.717, 1.165) is 0 Å². The van der Waals surface area contributed by atoms with Gasteiger partial charge in [-0.2, -0.15) is 5.26 Å². The van der Waals surface area contributed by atoms with E-state index in [2.05, 4.69) is 10.0 Å². The number of nitrogens with zero attached hydrogens (tertiary/aromatic N) is 1. The molecule has 0 aliphatic rings. The number of nitrogens with one attached hydrogen (secondary N) is 2. The molecular formula is C17H17N3O4S. The van der Waals surface area contributed by atoms with Gasteiger partial charge in [0, 0.05) is 24.2 Å². The fourth-order valence-corrected chi connectivity index (χ4v) is 3.02. The van der Waals surface area contributed by atoms with Gasteiger partial charge in [-0.1, -0.05) is 0 Å². The van der Waals surface area contributed by atoms with Gasteiger partial charge in [0.1, 0.15) is 5.75 Å². The highest BCUT2D eigenvalue weighted by Crippen LogP contribution is 2.17. The molecule has 0 saturated carbocycles. The van der Waals surface area contributed by atoms with Crippen LogP contribution in [-0.2, 0) is 10.0 Å². The largest absolute Gasteiger partial charge is 0.497 e. The summed E-state index contributed by atoms with van der Waals surface area (Å²) in [5, 5.41) is 11.2. The van der Waals surface area contributed by atoms with Crippen LogP contribution in [0.15, 0.2) is 53.4 Å². The fourth-order valence-electron chi connectivity index (χ4n) is 1.99. The zero-order valence-electron chi connectivity index (χ0n) is 13.5. The van der Waals surface area contributed by atoms with Crippen molar-refractivity contribution >= 4 is 21.6 Å². The summed E-state index contributed by atoms with van der Waals surface area (Å²) in [6.07, 6.45) is 0.0849. The highest BCUT2D eigenvalue weighted by molar-refractivity contribution is 7.89. The van der Waals surface area contributed by atoms with Gasteiger partial charge >= 0.3 is 0 Å². The minimum atomic E-state index is -3.69. The lowest BCUT2D eigenvalue weighted by molar-refractivity contribution is 0.102. The Balaban J connectivity index is 2.05. The lowest BCUT2D eigenvalue weighted by Gasteiger charge is -2.08. The Labute approximate surface area is 146 Å². The first kappa shape index (κ1) is 18.4. The van der Waals surface area contributed by atoms with E-state index in [1.807, 2.05) is 6.07 Å². The van der Waals surface area contributed by atoms with E-state index < -0.39 is 10.0 Å². The van der Waals surface area contributed by atoms with Crippen LogP contribution in [0.2, 0.25) is 0 Å². The third-order valence-electron chi connectivity index (χ3n) is 3.30. The van der Waals surface area contributed by atoms with E-state index in [1.54, 1.807) is 31.4 Å². The third-order valence-corrected chi connectivity index (χ3v) is 4.78. The monoisotopic (exact) mass is 359 g/mol. The maximum absolute atomic E-state index is 12.2. The first-order valence-corrected chi connectivity index (χ1v) is 8.86. The van der Waals surface area contributed by atoms with Crippen LogP contribution in [-0.4, -0.2) is 28.0 Å². The number of carbonyl (C=O) groups is 1. The molecular weight excluding hydrogens is 342 g/mol. The van der Waals surface area contributed by atoms with Crippen LogP contribution in [0.4, 0.5) is 5.69 Å². The molecule has 0 heterocycles. The minimum Gasteiger partial charge on any atom is -0.497 e. The minimum absolute atomic E-state index is 0.0337. The summed E-state index contributed by atoms with van der Waals surface area (Å²) in [6.45, 7) is 0.0402. The molecule has 7 nitrogen and oxygen atoms in total. The number of methoxy groups -OCH3 is 1. The van der Waals surface area contributed by atoms with E-state index in [4.69, 9.17) is 10.00 Å². The van der Waals surface area contributed by atoms with Crippen LogP contribution in [0.3, 0.4) is 0 Å². The summed E-state index contributed by atoms with van der Waals surface area (Å²) in [7, 11) is -2.13. The number of hydrogen-bond acceptors (Lipinski definition) is 5. The summed E-state index contributed by atoms with van der Waals surface area (Å²) in [5.74, 6) is 0.322. The zero-order valence-corrected chi connectivity index (χ0v) is 14.3. The highest BCUT2D eigenvalue weighted by atomic mass is 32.2. The predicted octanol–water partition coefficient (Wildman–Crippen LogP) is 2.14. The molecule has 0 unspecified atom stereocenters. The number of benzene rings is 2. The van der Waals surface area contributed by atoms with Crippen molar-refractivity contribution in [2.45, 2.75) is 11.3 Å². The zero-order chi connectivity index (χ0) is 18.3. The van der Waals surface area contributed by atoms with Gasteiger partial charge in [-0.15, -0.1) is 0 Å². The molecule has 0 saturated heterocycles. The van der Waals surface area contributed by atoms with Gasteiger partial charge < -0.3 is 10.1 Å². The number of amides is 1. The molecule has 2 aromatic carbocycles. The molecule has 0 aliphatic carbocycles. The molecule has 2 rings (SSSR count). The molecule has 0 aromatic heterocycles. The van der Waals surface area contributed by atoms with Gasteiger partial charge in [0.2, 0.25) is 10.0 Å². The van der Waals surface area contributed by atoms with Gasteiger partial charge in [0.05, 0.1) is 18.1 Å². The smallest absolute Gasteiger partial charge is 0.255 e. The van der Waals surface area contributed by atoms with Gasteiger partial charge in [0.25, 0.3) is 5.91 Å². The molecule has 2 N–H and O–H groups in total. The molecule has 0 spiro atoms. The van der Waals surface area contributed by atoms with Gasteiger partial charge in [-0.05, 0) is 48.5 Å². The van der Waals surface area contributed by atoms with E-state index in [1.165, 1.54) is 24.3 Å². The summed E-state index contributed by atoms with van der Waals surface area (Å²) >= 11 is 0. The van der Waals surface area contributed by atoms with Crippen molar-refractivity contribution in [3.63, 3.8) is 0 Å². The molecule has 8 heteroatoms. The number of carbonyl (C=O) groups excluding carboxylic acids is 1. The average Bonchev–Trinajstić information content (AvgIpc) is 2.62. The lowest BCUT2D eigenvalue weighted by Crippen LogP contribution is -2.24. The average molecular weight is 359 g/mol. The van der Waals surface area contributed by atoms with Gasteiger partial charge in [-0.25, -0.2) is 13.1 Å². The Morgan fingerprint density at radius 1 is 1.12 bits per heavy atom. The molecule has 0 fully saturated rings. The van der Waals surface area contributed by atoms with Gasteiger partial charge in [0.15, 0.2) is 0 Å². The topological polar surface area (TPSA) is 108 Å². The van der Waals surface area contributed by atoms with Crippen molar-refractivity contribution in [3.05, 3.63) is 54.1 Å². The van der Waals surface area contributed by atoms with E-state index in [9.17, 15) is 13.2 Å². The molecule has 2 aromatic rings. The molecule has 0 atom stereocenters. The summed E-state index contributed by atoms with van der Waals surface area (Å²) in [5.41, 5.74) is 0.924. The number of nitriles is 1. The maximum Gasteiger partial charge on any atom is 0.255 e. The van der Waals surface area contributed by atoms with Crippen molar-refractivity contribution < 1.29 is 17.9 Å². The second kappa shape index (κ2) is 8.28. The molecule has 1 amide bonds. The number of sulfonamides is 1. The third kappa shape index (κ3) is 5.04. The highest BCUT2D eigenvalue weighted by Gasteiger charge is 2.14. The quantitative estimate of drug-likeness (QED) is 0.736. The van der Waals surface area contributed by atoms with E-state index >= 15 is 0 Å². The van der Waals surface area contributed by atoms with Gasteiger partial charge in [-0.3, -0.25) is 4.79 Å². The second-order valence-corrected chi connectivity index (χ2v) is 6.78. The first-order chi connectivity index (χ1) is 12.0.